The van der Waals surface area contributed by atoms with E-state index in [-0.39, 0.29) is 17.8 Å². The van der Waals surface area contributed by atoms with Gasteiger partial charge in [0.05, 0.1) is 18.1 Å². The first kappa shape index (κ1) is 16.0. The second-order valence-electron chi connectivity index (χ2n) is 5.28. The average Bonchev–Trinajstić information content (AvgIpc) is 2.50. The lowest BCUT2D eigenvalue weighted by atomic mass is 9.97. The van der Waals surface area contributed by atoms with Crippen LogP contribution in [0.25, 0.3) is 0 Å². The highest BCUT2D eigenvalue weighted by molar-refractivity contribution is 9.10. The Kier molecular flexibility index (Phi) is 5.39. The van der Waals surface area contributed by atoms with Gasteiger partial charge < -0.3 is 9.64 Å². The van der Waals surface area contributed by atoms with Gasteiger partial charge in [0.1, 0.15) is 0 Å². The Balaban J connectivity index is 2.12. The van der Waals surface area contributed by atoms with Crippen LogP contribution < -0.4 is 0 Å². The summed E-state index contributed by atoms with van der Waals surface area (Å²) in [7, 11) is 0. The zero-order valence-corrected chi connectivity index (χ0v) is 14.0. The van der Waals surface area contributed by atoms with Crippen LogP contribution in [0.1, 0.15) is 35.7 Å². The predicted octanol–water partition coefficient (Wildman–Crippen LogP) is 3.17. The number of ether oxygens (including phenoxy) is 1. The summed E-state index contributed by atoms with van der Waals surface area (Å²) >= 11 is 3.48. The minimum Gasteiger partial charge on any atom is -0.466 e. The molecule has 1 aromatic rings. The van der Waals surface area contributed by atoms with Crippen molar-refractivity contribution < 1.29 is 14.3 Å². The van der Waals surface area contributed by atoms with Crippen LogP contribution >= 0.6 is 15.9 Å². The van der Waals surface area contributed by atoms with Gasteiger partial charge in [0.25, 0.3) is 5.91 Å². The zero-order valence-electron chi connectivity index (χ0n) is 12.4. The number of hydrogen-bond acceptors (Lipinski definition) is 3. The Bertz CT molecular complexity index is 544. The Morgan fingerprint density at radius 3 is 2.90 bits per heavy atom. The summed E-state index contributed by atoms with van der Waals surface area (Å²) in [5.41, 5.74) is 1.68. The minimum atomic E-state index is -0.203. The molecule has 1 unspecified atom stereocenters. The largest absolute Gasteiger partial charge is 0.466 e. The number of carbonyl (C=O) groups excluding carboxylic acids is 2. The first-order valence-electron chi connectivity index (χ1n) is 7.25. The minimum absolute atomic E-state index is 0.0282. The highest BCUT2D eigenvalue weighted by Gasteiger charge is 2.30. The van der Waals surface area contributed by atoms with E-state index in [9.17, 15) is 9.59 Å². The number of carbonyl (C=O) groups is 2. The van der Waals surface area contributed by atoms with Crippen molar-refractivity contribution >= 4 is 27.8 Å². The second-order valence-corrected chi connectivity index (χ2v) is 6.07. The number of hydrogen-bond donors (Lipinski definition) is 0. The van der Waals surface area contributed by atoms with Crippen molar-refractivity contribution in [2.75, 3.05) is 19.7 Å². The fourth-order valence-electron chi connectivity index (χ4n) is 2.60. The maximum absolute atomic E-state index is 12.6. The van der Waals surface area contributed by atoms with E-state index in [1.54, 1.807) is 11.8 Å². The van der Waals surface area contributed by atoms with E-state index in [1.807, 2.05) is 25.1 Å². The molecule has 4 nitrogen and oxygen atoms in total. The van der Waals surface area contributed by atoms with E-state index in [1.165, 1.54) is 0 Å². The topological polar surface area (TPSA) is 46.6 Å². The monoisotopic (exact) mass is 353 g/mol. The first-order chi connectivity index (χ1) is 10.0. The summed E-state index contributed by atoms with van der Waals surface area (Å²) < 4.78 is 5.90. The lowest BCUT2D eigenvalue weighted by molar-refractivity contribution is -0.149. The van der Waals surface area contributed by atoms with Crippen LogP contribution in [0.15, 0.2) is 22.7 Å². The molecule has 2 rings (SSSR count). The molecule has 1 atom stereocenters. The molecule has 1 heterocycles. The normalized spacial score (nSPS) is 18.4. The van der Waals surface area contributed by atoms with E-state index in [0.717, 1.165) is 22.9 Å². The number of rotatable bonds is 3. The van der Waals surface area contributed by atoms with Gasteiger partial charge in [0.2, 0.25) is 0 Å². The lowest BCUT2D eigenvalue weighted by Crippen LogP contribution is -2.43. The van der Waals surface area contributed by atoms with Gasteiger partial charge in [-0.2, -0.15) is 0 Å². The summed E-state index contributed by atoms with van der Waals surface area (Å²) in [4.78, 5) is 26.3. The van der Waals surface area contributed by atoms with Crippen LogP contribution in [0.5, 0.6) is 0 Å². The van der Waals surface area contributed by atoms with Crippen LogP contribution in [0, 0.1) is 12.8 Å². The standard InChI is InChI=1S/C16H20BrNO3/c1-3-21-16(20)12-7-5-9-18(10-12)15(19)13-8-4-6-11(2)14(13)17/h4,6,8,12H,3,5,7,9-10H2,1-2H3. The lowest BCUT2D eigenvalue weighted by Gasteiger charge is -2.32. The molecule has 114 valence electrons. The molecule has 1 aromatic carbocycles. The SMILES string of the molecule is CCOC(=O)C1CCCN(C(=O)c2cccc(C)c2Br)C1. The number of halogens is 1. The van der Waals surface area contributed by atoms with Crippen LogP contribution in [-0.4, -0.2) is 36.5 Å². The third-order valence-electron chi connectivity index (χ3n) is 3.75. The van der Waals surface area contributed by atoms with Crippen molar-refractivity contribution in [1.82, 2.24) is 4.90 Å². The molecule has 0 aromatic heterocycles. The van der Waals surface area contributed by atoms with Gasteiger partial charge in [0.15, 0.2) is 0 Å². The van der Waals surface area contributed by atoms with Gasteiger partial charge in [-0.15, -0.1) is 0 Å². The molecule has 0 aliphatic carbocycles. The molecule has 0 spiro atoms. The molecule has 0 bridgehead atoms. The number of amides is 1. The maximum Gasteiger partial charge on any atom is 0.310 e. The van der Waals surface area contributed by atoms with Gasteiger partial charge in [0, 0.05) is 17.6 Å². The number of esters is 1. The number of piperidine rings is 1. The van der Waals surface area contributed by atoms with Crippen LogP contribution in [-0.2, 0) is 9.53 Å². The Morgan fingerprint density at radius 2 is 2.19 bits per heavy atom. The van der Waals surface area contributed by atoms with Crippen molar-refractivity contribution in [3.63, 3.8) is 0 Å². The number of nitrogens with zero attached hydrogens (tertiary/aromatic N) is 1. The third-order valence-corrected chi connectivity index (χ3v) is 4.80. The summed E-state index contributed by atoms with van der Waals surface area (Å²) in [5.74, 6) is -0.427. The smallest absolute Gasteiger partial charge is 0.310 e. The summed E-state index contributed by atoms with van der Waals surface area (Å²) in [5, 5.41) is 0. The van der Waals surface area contributed by atoms with Gasteiger partial charge >= 0.3 is 5.97 Å². The van der Waals surface area contributed by atoms with E-state index >= 15 is 0 Å². The van der Waals surface area contributed by atoms with Crippen LogP contribution in [0.2, 0.25) is 0 Å². The Hall–Kier alpha value is -1.36. The maximum atomic E-state index is 12.6. The fourth-order valence-corrected chi connectivity index (χ4v) is 3.03. The van der Waals surface area contributed by atoms with Gasteiger partial charge in [-0.25, -0.2) is 0 Å². The molecule has 0 radical (unpaired) electrons. The van der Waals surface area contributed by atoms with Gasteiger partial charge in [-0.3, -0.25) is 9.59 Å². The van der Waals surface area contributed by atoms with Crippen molar-refractivity contribution in [2.45, 2.75) is 26.7 Å². The molecule has 0 N–H and O–H groups in total. The molecule has 1 aliphatic heterocycles. The molecular weight excluding hydrogens is 334 g/mol. The van der Waals surface area contributed by atoms with Crippen LogP contribution in [0.3, 0.4) is 0 Å². The first-order valence-corrected chi connectivity index (χ1v) is 8.05. The highest BCUT2D eigenvalue weighted by Crippen LogP contribution is 2.25. The van der Waals surface area contributed by atoms with Crippen molar-refractivity contribution in [3.8, 4) is 0 Å². The molecule has 1 fully saturated rings. The zero-order chi connectivity index (χ0) is 15.4. The van der Waals surface area contributed by atoms with Crippen molar-refractivity contribution in [1.29, 1.82) is 0 Å². The van der Waals surface area contributed by atoms with Gasteiger partial charge in [-0.05, 0) is 54.2 Å². The second kappa shape index (κ2) is 7.07. The molecule has 0 saturated carbocycles. The molecule has 1 amide bonds. The molecule has 5 heteroatoms. The Labute approximate surface area is 133 Å². The summed E-state index contributed by atoms with van der Waals surface area (Å²) in [6.45, 7) is 5.27. The van der Waals surface area contributed by atoms with Gasteiger partial charge in [-0.1, -0.05) is 12.1 Å². The van der Waals surface area contributed by atoms with E-state index in [4.69, 9.17) is 4.74 Å². The van der Waals surface area contributed by atoms with Crippen molar-refractivity contribution in [2.24, 2.45) is 5.92 Å². The molecule has 1 saturated heterocycles. The summed E-state index contributed by atoms with van der Waals surface area (Å²) in [6, 6.07) is 5.64. The fraction of sp³-hybridized carbons (Fsp3) is 0.500. The average molecular weight is 354 g/mol. The number of aryl methyl sites for hydroxylation is 1. The Morgan fingerprint density at radius 1 is 1.43 bits per heavy atom. The molecule has 21 heavy (non-hydrogen) atoms. The molecule has 1 aliphatic rings. The number of likely N-dealkylation sites (tertiary alicyclic amines) is 1. The molecular formula is C16H20BrNO3. The third kappa shape index (κ3) is 3.64. The van der Waals surface area contributed by atoms with Crippen molar-refractivity contribution in [3.05, 3.63) is 33.8 Å². The van der Waals surface area contributed by atoms with Crippen LogP contribution in [0.4, 0.5) is 0 Å². The summed E-state index contributed by atoms with van der Waals surface area (Å²) in [6.07, 6.45) is 1.62. The predicted molar refractivity (Wildman–Crippen MR) is 84.1 cm³/mol. The van der Waals surface area contributed by atoms with E-state index < -0.39 is 0 Å². The highest BCUT2D eigenvalue weighted by atomic mass is 79.9. The van der Waals surface area contributed by atoms with E-state index in [2.05, 4.69) is 15.9 Å². The number of benzene rings is 1. The quantitative estimate of drug-likeness (QED) is 0.784. The van der Waals surface area contributed by atoms with E-state index in [0.29, 0.717) is 25.3 Å².